The molecule has 0 aliphatic rings. The summed E-state index contributed by atoms with van der Waals surface area (Å²) in [5.74, 6) is 0. The minimum atomic E-state index is -0.409. The quantitative estimate of drug-likeness (QED) is 0.830. The van der Waals surface area contributed by atoms with Crippen LogP contribution in [0.15, 0.2) is 18.2 Å². The molecule has 0 radical (unpaired) electrons. The van der Waals surface area contributed by atoms with Crippen molar-refractivity contribution in [1.29, 1.82) is 5.26 Å². The van der Waals surface area contributed by atoms with E-state index in [-0.39, 0.29) is 0 Å². The van der Waals surface area contributed by atoms with Crippen LogP contribution in [0, 0.1) is 11.3 Å². The summed E-state index contributed by atoms with van der Waals surface area (Å²) in [5.41, 5.74) is 1.10. The average Bonchev–Trinajstić information content (AvgIpc) is 2.27. The molecule has 0 saturated heterocycles. The van der Waals surface area contributed by atoms with Gasteiger partial charge in [0.15, 0.2) is 0 Å². The second-order valence-electron chi connectivity index (χ2n) is 3.60. The maximum atomic E-state index is 9.58. The largest absolute Gasteiger partial charge is 0.391 e. The zero-order valence-corrected chi connectivity index (χ0v) is 9.96. The van der Waals surface area contributed by atoms with Crippen LogP contribution in [0.5, 0.6) is 0 Å². The molecule has 1 atom stereocenters. The molecule has 1 rings (SSSR count). The fraction of sp³-hybridized carbons (Fsp3) is 0.417. The van der Waals surface area contributed by atoms with Crippen LogP contribution in [0.2, 0.25) is 5.02 Å². The SMILES string of the molecule is CCCC(O)CNc1c(Cl)cccc1C#N. The van der Waals surface area contributed by atoms with Crippen LogP contribution in [0.1, 0.15) is 25.3 Å². The number of benzene rings is 1. The Labute approximate surface area is 101 Å². The molecule has 0 heterocycles. The topological polar surface area (TPSA) is 56.0 Å². The van der Waals surface area contributed by atoms with Crippen molar-refractivity contribution in [2.45, 2.75) is 25.9 Å². The van der Waals surface area contributed by atoms with Crippen molar-refractivity contribution in [2.24, 2.45) is 0 Å². The molecule has 0 saturated carbocycles. The molecule has 1 unspecified atom stereocenters. The van der Waals surface area contributed by atoms with Gasteiger partial charge in [-0.3, -0.25) is 0 Å². The third-order valence-electron chi connectivity index (χ3n) is 2.27. The van der Waals surface area contributed by atoms with Crippen molar-refractivity contribution in [3.8, 4) is 6.07 Å². The minimum absolute atomic E-state index is 0.409. The van der Waals surface area contributed by atoms with E-state index in [1.165, 1.54) is 0 Å². The molecule has 3 nitrogen and oxygen atoms in total. The Hall–Kier alpha value is -1.24. The Morgan fingerprint density at radius 2 is 2.31 bits per heavy atom. The molecule has 2 N–H and O–H groups in total. The van der Waals surface area contributed by atoms with Gasteiger partial charge < -0.3 is 10.4 Å². The van der Waals surface area contributed by atoms with E-state index in [0.717, 1.165) is 12.8 Å². The van der Waals surface area contributed by atoms with Crippen molar-refractivity contribution < 1.29 is 5.11 Å². The summed E-state index contributed by atoms with van der Waals surface area (Å²) < 4.78 is 0. The highest BCUT2D eigenvalue weighted by molar-refractivity contribution is 6.33. The minimum Gasteiger partial charge on any atom is -0.391 e. The molecule has 0 fully saturated rings. The first-order chi connectivity index (χ1) is 7.69. The predicted octanol–water partition coefficient (Wildman–Crippen LogP) is 2.78. The lowest BCUT2D eigenvalue weighted by Gasteiger charge is -2.13. The van der Waals surface area contributed by atoms with Gasteiger partial charge in [0.05, 0.1) is 22.4 Å². The van der Waals surface area contributed by atoms with E-state index in [4.69, 9.17) is 16.9 Å². The second-order valence-corrected chi connectivity index (χ2v) is 4.00. The predicted molar refractivity (Wildman–Crippen MR) is 65.6 cm³/mol. The van der Waals surface area contributed by atoms with Gasteiger partial charge in [-0.25, -0.2) is 0 Å². The summed E-state index contributed by atoms with van der Waals surface area (Å²) in [5, 5.41) is 22.0. The lowest BCUT2D eigenvalue weighted by Crippen LogP contribution is -2.19. The molecule has 0 spiro atoms. The number of nitrogens with zero attached hydrogens (tertiary/aromatic N) is 1. The molecule has 86 valence electrons. The van der Waals surface area contributed by atoms with Gasteiger partial charge in [0.1, 0.15) is 6.07 Å². The molecule has 0 amide bonds. The van der Waals surface area contributed by atoms with Gasteiger partial charge in [-0.2, -0.15) is 5.26 Å². The van der Waals surface area contributed by atoms with Crippen molar-refractivity contribution in [3.05, 3.63) is 28.8 Å². The molecular formula is C12H15ClN2O. The van der Waals surface area contributed by atoms with Crippen LogP contribution in [-0.2, 0) is 0 Å². The van der Waals surface area contributed by atoms with Gasteiger partial charge in [-0.05, 0) is 18.6 Å². The highest BCUT2D eigenvalue weighted by Crippen LogP contribution is 2.25. The number of aliphatic hydroxyl groups excluding tert-OH is 1. The van der Waals surface area contributed by atoms with Gasteiger partial charge in [0, 0.05) is 6.54 Å². The Morgan fingerprint density at radius 3 is 2.94 bits per heavy atom. The van der Waals surface area contributed by atoms with E-state index >= 15 is 0 Å². The van der Waals surface area contributed by atoms with Gasteiger partial charge >= 0.3 is 0 Å². The van der Waals surface area contributed by atoms with Crippen LogP contribution in [0.25, 0.3) is 0 Å². The van der Waals surface area contributed by atoms with Crippen LogP contribution >= 0.6 is 11.6 Å². The molecule has 1 aromatic carbocycles. The number of nitrogens with one attached hydrogen (secondary N) is 1. The third-order valence-corrected chi connectivity index (χ3v) is 2.59. The molecule has 16 heavy (non-hydrogen) atoms. The van der Waals surface area contributed by atoms with Crippen molar-refractivity contribution >= 4 is 17.3 Å². The highest BCUT2D eigenvalue weighted by Gasteiger charge is 2.08. The van der Waals surface area contributed by atoms with Crippen LogP contribution in [0.3, 0.4) is 0 Å². The number of hydrogen-bond acceptors (Lipinski definition) is 3. The zero-order chi connectivity index (χ0) is 12.0. The van der Waals surface area contributed by atoms with Crippen molar-refractivity contribution in [1.82, 2.24) is 0 Å². The number of para-hydroxylation sites is 1. The number of rotatable bonds is 5. The summed E-state index contributed by atoms with van der Waals surface area (Å²) in [6, 6.07) is 7.21. The van der Waals surface area contributed by atoms with E-state index in [9.17, 15) is 5.11 Å². The lowest BCUT2D eigenvalue weighted by molar-refractivity contribution is 0.176. The maximum absolute atomic E-state index is 9.58. The summed E-state index contributed by atoms with van der Waals surface area (Å²) >= 11 is 5.97. The molecule has 4 heteroatoms. The van der Waals surface area contributed by atoms with Gasteiger partial charge in [-0.15, -0.1) is 0 Å². The molecule has 0 aliphatic heterocycles. The summed E-state index contributed by atoms with van der Waals surface area (Å²) in [7, 11) is 0. The number of anilines is 1. The Bertz CT molecular complexity index is 387. The molecule has 0 aromatic heterocycles. The van der Waals surface area contributed by atoms with Crippen molar-refractivity contribution in [3.63, 3.8) is 0 Å². The van der Waals surface area contributed by atoms with Crippen LogP contribution in [0.4, 0.5) is 5.69 Å². The van der Waals surface area contributed by atoms with Crippen LogP contribution in [-0.4, -0.2) is 17.8 Å². The van der Waals surface area contributed by atoms with E-state index in [1.54, 1.807) is 18.2 Å². The van der Waals surface area contributed by atoms with Crippen LogP contribution < -0.4 is 5.32 Å². The Morgan fingerprint density at radius 1 is 1.56 bits per heavy atom. The summed E-state index contributed by atoms with van der Waals surface area (Å²) in [6.07, 6.45) is 1.25. The second kappa shape index (κ2) is 6.37. The van der Waals surface area contributed by atoms with Crippen molar-refractivity contribution in [2.75, 3.05) is 11.9 Å². The lowest BCUT2D eigenvalue weighted by atomic mass is 10.1. The number of halogens is 1. The van der Waals surface area contributed by atoms with Gasteiger partial charge in [0.25, 0.3) is 0 Å². The van der Waals surface area contributed by atoms with Gasteiger partial charge in [0.2, 0.25) is 0 Å². The first kappa shape index (κ1) is 12.8. The van der Waals surface area contributed by atoms with E-state index in [0.29, 0.717) is 22.8 Å². The van der Waals surface area contributed by atoms with E-state index < -0.39 is 6.10 Å². The number of nitriles is 1. The smallest absolute Gasteiger partial charge is 0.101 e. The van der Waals surface area contributed by atoms with E-state index in [2.05, 4.69) is 11.4 Å². The molecule has 0 bridgehead atoms. The van der Waals surface area contributed by atoms with Gasteiger partial charge in [-0.1, -0.05) is 31.0 Å². The Balaban J connectivity index is 2.70. The number of aliphatic hydroxyl groups is 1. The molecule has 0 aliphatic carbocycles. The fourth-order valence-corrected chi connectivity index (χ4v) is 1.69. The molecule has 1 aromatic rings. The normalized spacial score (nSPS) is 11.9. The molecular weight excluding hydrogens is 224 g/mol. The maximum Gasteiger partial charge on any atom is 0.101 e. The highest BCUT2D eigenvalue weighted by atomic mass is 35.5. The fourth-order valence-electron chi connectivity index (χ4n) is 1.45. The monoisotopic (exact) mass is 238 g/mol. The first-order valence-corrected chi connectivity index (χ1v) is 5.67. The standard InChI is InChI=1S/C12H15ClN2O/c1-2-4-10(16)8-15-12-9(7-14)5-3-6-11(12)13/h3,5-6,10,15-16H,2,4,8H2,1H3. The Kier molecular flexibility index (Phi) is 5.10. The van der Waals surface area contributed by atoms with E-state index in [1.807, 2.05) is 6.92 Å². The number of hydrogen-bond donors (Lipinski definition) is 2. The zero-order valence-electron chi connectivity index (χ0n) is 9.20. The summed E-state index contributed by atoms with van der Waals surface area (Å²) in [4.78, 5) is 0. The first-order valence-electron chi connectivity index (χ1n) is 5.29. The third kappa shape index (κ3) is 3.41. The average molecular weight is 239 g/mol. The summed E-state index contributed by atoms with van der Waals surface area (Å²) in [6.45, 7) is 2.42.